The van der Waals surface area contributed by atoms with Crippen LogP contribution in [0.15, 0.2) is 6.07 Å². The standard InChI is InChI=1S/C13H20N2O4S/c1-9(16)11-7-10(15(18)19)12(20-11)14(2)8-13(17)5-3-4-6-13/h7,9,16-17H,3-6,8H2,1-2H3. The SMILES string of the molecule is CC(O)c1cc([N+](=O)[O-])c(N(C)CC2(O)CCCC2)s1. The lowest BCUT2D eigenvalue weighted by Crippen LogP contribution is -2.39. The molecule has 1 fully saturated rings. The molecule has 6 nitrogen and oxygen atoms in total. The number of aliphatic hydroxyl groups excluding tert-OH is 1. The van der Waals surface area contributed by atoms with Gasteiger partial charge in [-0.05, 0) is 19.8 Å². The molecule has 0 spiro atoms. The largest absolute Gasteiger partial charge is 0.388 e. The number of aliphatic hydroxyl groups is 2. The Morgan fingerprint density at radius 1 is 1.55 bits per heavy atom. The van der Waals surface area contributed by atoms with E-state index in [9.17, 15) is 20.3 Å². The number of anilines is 1. The van der Waals surface area contributed by atoms with E-state index in [1.165, 1.54) is 17.4 Å². The zero-order chi connectivity index (χ0) is 14.9. The normalized spacial score (nSPS) is 19.0. The fraction of sp³-hybridized carbons (Fsp3) is 0.692. The van der Waals surface area contributed by atoms with Crippen LogP contribution in [-0.2, 0) is 0 Å². The maximum absolute atomic E-state index is 11.1. The summed E-state index contributed by atoms with van der Waals surface area (Å²) in [5, 5.41) is 31.6. The van der Waals surface area contributed by atoms with Gasteiger partial charge in [-0.2, -0.15) is 0 Å². The molecule has 112 valence electrons. The molecule has 1 aliphatic carbocycles. The maximum Gasteiger partial charge on any atom is 0.304 e. The molecular formula is C13H20N2O4S. The Morgan fingerprint density at radius 2 is 2.15 bits per heavy atom. The molecule has 1 aromatic heterocycles. The molecule has 20 heavy (non-hydrogen) atoms. The van der Waals surface area contributed by atoms with Crippen LogP contribution in [0.2, 0.25) is 0 Å². The van der Waals surface area contributed by atoms with Gasteiger partial charge in [0.1, 0.15) is 0 Å². The lowest BCUT2D eigenvalue weighted by Gasteiger charge is -2.28. The summed E-state index contributed by atoms with van der Waals surface area (Å²) in [6.07, 6.45) is 2.74. The lowest BCUT2D eigenvalue weighted by atomic mass is 10.0. The van der Waals surface area contributed by atoms with Gasteiger partial charge in [-0.3, -0.25) is 10.1 Å². The molecule has 0 aliphatic heterocycles. The molecule has 0 aromatic carbocycles. The molecule has 1 unspecified atom stereocenters. The van der Waals surface area contributed by atoms with Gasteiger partial charge >= 0.3 is 5.69 Å². The van der Waals surface area contributed by atoms with Gasteiger partial charge in [0.05, 0.1) is 16.6 Å². The van der Waals surface area contributed by atoms with Gasteiger partial charge in [0.15, 0.2) is 5.00 Å². The van der Waals surface area contributed by atoms with E-state index in [1.54, 1.807) is 18.9 Å². The Labute approximate surface area is 121 Å². The van der Waals surface area contributed by atoms with Crippen LogP contribution in [0, 0.1) is 10.1 Å². The molecule has 0 saturated heterocycles. The van der Waals surface area contributed by atoms with Gasteiger partial charge in [-0.1, -0.05) is 12.8 Å². The second-order valence-electron chi connectivity index (χ2n) is 5.56. The second-order valence-corrected chi connectivity index (χ2v) is 6.62. The fourth-order valence-corrected chi connectivity index (χ4v) is 3.73. The van der Waals surface area contributed by atoms with Crippen LogP contribution < -0.4 is 4.90 Å². The van der Waals surface area contributed by atoms with Gasteiger partial charge in [0.2, 0.25) is 0 Å². The molecule has 1 aromatic rings. The summed E-state index contributed by atoms with van der Waals surface area (Å²) in [6, 6.07) is 1.42. The number of likely N-dealkylation sites (N-methyl/N-ethyl adjacent to an activating group) is 1. The first-order chi connectivity index (χ1) is 9.32. The molecule has 2 rings (SSSR count). The second kappa shape index (κ2) is 5.67. The van der Waals surface area contributed by atoms with Crippen molar-refractivity contribution in [1.29, 1.82) is 0 Å². The van der Waals surface area contributed by atoms with E-state index in [-0.39, 0.29) is 5.69 Å². The van der Waals surface area contributed by atoms with Crippen LogP contribution in [-0.4, -0.2) is 34.3 Å². The van der Waals surface area contributed by atoms with E-state index in [0.717, 1.165) is 25.7 Å². The van der Waals surface area contributed by atoms with Crippen molar-refractivity contribution in [3.8, 4) is 0 Å². The van der Waals surface area contributed by atoms with Crippen LogP contribution in [0.25, 0.3) is 0 Å². The quantitative estimate of drug-likeness (QED) is 0.644. The molecule has 0 amide bonds. The van der Waals surface area contributed by atoms with Crippen molar-refractivity contribution in [1.82, 2.24) is 0 Å². The monoisotopic (exact) mass is 300 g/mol. The minimum Gasteiger partial charge on any atom is -0.388 e. The van der Waals surface area contributed by atoms with E-state index in [4.69, 9.17) is 0 Å². The highest BCUT2D eigenvalue weighted by molar-refractivity contribution is 7.16. The van der Waals surface area contributed by atoms with Gasteiger partial charge in [-0.25, -0.2) is 0 Å². The zero-order valence-corrected chi connectivity index (χ0v) is 12.5. The molecule has 1 heterocycles. The zero-order valence-electron chi connectivity index (χ0n) is 11.7. The summed E-state index contributed by atoms with van der Waals surface area (Å²) < 4.78 is 0. The van der Waals surface area contributed by atoms with Crippen molar-refractivity contribution in [2.24, 2.45) is 0 Å². The molecule has 0 bridgehead atoms. The maximum atomic E-state index is 11.1. The van der Waals surface area contributed by atoms with Crippen molar-refractivity contribution in [2.75, 3.05) is 18.5 Å². The van der Waals surface area contributed by atoms with E-state index in [2.05, 4.69) is 0 Å². The minimum atomic E-state index is -0.752. The lowest BCUT2D eigenvalue weighted by molar-refractivity contribution is -0.383. The van der Waals surface area contributed by atoms with Crippen LogP contribution in [0.5, 0.6) is 0 Å². The average molecular weight is 300 g/mol. The van der Waals surface area contributed by atoms with Crippen LogP contribution >= 0.6 is 11.3 Å². The molecule has 2 N–H and O–H groups in total. The summed E-state index contributed by atoms with van der Waals surface area (Å²) in [4.78, 5) is 13.0. The highest BCUT2D eigenvalue weighted by Gasteiger charge is 2.34. The highest BCUT2D eigenvalue weighted by Crippen LogP contribution is 2.41. The Morgan fingerprint density at radius 3 is 2.65 bits per heavy atom. The van der Waals surface area contributed by atoms with Gasteiger partial charge in [0, 0.05) is 24.5 Å². The Bertz CT molecular complexity index is 495. The van der Waals surface area contributed by atoms with Crippen LogP contribution in [0.3, 0.4) is 0 Å². The summed E-state index contributed by atoms with van der Waals surface area (Å²) in [5.74, 6) is 0. The number of thiophene rings is 1. The minimum absolute atomic E-state index is 0.00463. The average Bonchev–Trinajstić information content (AvgIpc) is 2.95. The van der Waals surface area contributed by atoms with Crippen molar-refractivity contribution in [3.63, 3.8) is 0 Å². The number of nitro groups is 1. The van der Waals surface area contributed by atoms with E-state index in [1.807, 2.05) is 0 Å². The van der Waals surface area contributed by atoms with Crippen molar-refractivity contribution in [2.45, 2.75) is 44.3 Å². The van der Waals surface area contributed by atoms with E-state index < -0.39 is 16.6 Å². The first-order valence-electron chi connectivity index (χ1n) is 6.72. The van der Waals surface area contributed by atoms with Crippen molar-refractivity contribution >= 4 is 22.0 Å². The smallest absolute Gasteiger partial charge is 0.304 e. The number of rotatable bonds is 5. The molecule has 1 aliphatic rings. The number of hydrogen-bond donors (Lipinski definition) is 2. The van der Waals surface area contributed by atoms with Gasteiger partial charge in [0.25, 0.3) is 0 Å². The van der Waals surface area contributed by atoms with E-state index >= 15 is 0 Å². The fourth-order valence-electron chi connectivity index (χ4n) is 2.70. The Kier molecular flexibility index (Phi) is 4.31. The third-order valence-corrected chi connectivity index (χ3v) is 5.14. The highest BCUT2D eigenvalue weighted by atomic mass is 32.1. The molecule has 7 heteroatoms. The van der Waals surface area contributed by atoms with E-state index in [0.29, 0.717) is 16.4 Å². The van der Waals surface area contributed by atoms with Gasteiger partial charge in [-0.15, -0.1) is 11.3 Å². The van der Waals surface area contributed by atoms with Gasteiger partial charge < -0.3 is 15.1 Å². The van der Waals surface area contributed by atoms with Crippen LogP contribution in [0.4, 0.5) is 10.7 Å². The number of hydrogen-bond acceptors (Lipinski definition) is 6. The molecule has 0 radical (unpaired) electrons. The Balaban J connectivity index is 2.23. The first-order valence-corrected chi connectivity index (χ1v) is 7.54. The summed E-state index contributed by atoms with van der Waals surface area (Å²) in [7, 11) is 1.75. The summed E-state index contributed by atoms with van der Waals surface area (Å²) >= 11 is 1.21. The molecule has 1 atom stereocenters. The van der Waals surface area contributed by atoms with Crippen molar-refractivity contribution in [3.05, 3.63) is 21.1 Å². The Hall–Kier alpha value is -1.18. The summed E-state index contributed by atoms with van der Waals surface area (Å²) in [6.45, 7) is 1.97. The predicted octanol–water partition coefficient (Wildman–Crippen LogP) is 2.45. The third-order valence-electron chi connectivity index (χ3n) is 3.73. The summed E-state index contributed by atoms with van der Waals surface area (Å²) in [5.41, 5.74) is -0.757. The van der Waals surface area contributed by atoms with Crippen LogP contribution in [0.1, 0.15) is 43.6 Å². The first kappa shape index (κ1) is 15.2. The molecular weight excluding hydrogens is 280 g/mol. The topological polar surface area (TPSA) is 86.8 Å². The predicted molar refractivity (Wildman–Crippen MR) is 78.3 cm³/mol. The third kappa shape index (κ3) is 3.11. The molecule has 1 saturated carbocycles. The number of nitrogens with zero attached hydrogens (tertiary/aromatic N) is 2. The van der Waals surface area contributed by atoms with Crippen molar-refractivity contribution < 1.29 is 15.1 Å².